The fourth-order valence-corrected chi connectivity index (χ4v) is 0.831. The molecule has 70 valence electrons. The molecule has 0 saturated carbocycles. The molecule has 0 aliphatic carbocycles. The predicted octanol–water partition coefficient (Wildman–Crippen LogP) is 1.51. The highest BCUT2D eigenvalue weighted by Crippen LogP contribution is 2.21. The third-order valence-corrected chi connectivity index (χ3v) is 1.89. The van der Waals surface area contributed by atoms with Crippen molar-refractivity contribution in [3.05, 3.63) is 12.2 Å². The molecular weight excluding hydrogens is 152 g/mol. The van der Waals surface area contributed by atoms with Crippen LogP contribution in [0.4, 0.5) is 0 Å². The van der Waals surface area contributed by atoms with Crippen LogP contribution < -0.4 is 5.11 Å². The maximum absolute atomic E-state index is 10.5. The van der Waals surface area contributed by atoms with Gasteiger partial charge in [0.1, 0.15) is 0 Å². The van der Waals surface area contributed by atoms with Crippen LogP contribution in [0.5, 0.6) is 0 Å². The first-order valence-corrected chi connectivity index (χ1v) is 4.37. The van der Waals surface area contributed by atoms with Gasteiger partial charge in [-0.15, -0.1) is 0 Å². The third-order valence-electron chi connectivity index (χ3n) is 1.89. The molecule has 12 heavy (non-hydrogen) atoms. The largest absolute Gasteiger partial charge is 0.550 e. The number of hydrogen-bond donors (Lipinski definition) is 0. The van der Waals surface area contributed by atoms with Crippen molar-refractivity contribution in [3.8, 4) is 0 Å². The Labute approximate surface area is 74.3 Å². The first kappa shape index (κ1) is 11.2. The lowest BCUT2D eigenvalue weighted by Crippen LogP contribution is -2.37. The highest BCUT2D eigenvalue weighted by Gasteiger charge is 2.17. The van der Waals surface area contributed by atoms with Crippen molar-refractivity contribution in [1.29, 1.82) is 0 Å². The van der Waals surface area contributed by atoms with Gasteiger partial charge in [0.05, 0.1) is 0 Å². The minimum Gasteiger partial charge on any atom is -0.550 e. The van der Waals surface area contributed by atoms with Gasteiger partial charge in [-0.25, -0.2) is 0 Å². The molecule has 0 aromatic carbocycles. The second-order valence-corrected chi connectivity index (χ2v) is 3.59. The Hall–Kier alpha value is -0.790. The van der Waals surface area contributed by atoms with Crippen LogP contribution in [0.3, 0.4) is 0 Å². The highest BCUT2D eigenvalue weighted by atomic mass is 16.4. The van der Waals surface area contributed by atoms with Gasteiger partial charge in [0.15, 0.2) is 0 Å². The zero-order valence-electron chi connectivity index (χ0n) is 8.09. The van der Waals surface area contributed by atoms with Gasteiger partial charge in [-0.1, -0.05) is 32.9 Å². The van der Waals surface area contributed by atoms with Crippen molar-refractivity contribution >= 4 is 5.97 Å². The molecule has 0 amide bonds. The van der Waals surface area contributed by atoms with E-state index in [1.54, 1.807) is 13.8 Å². The molecule has 0 spiro atoms. The number of carboxylic acids is 1. The normalized spacial score (nSPS) is 12.2. The van der Waals surface area contributed by atoms with E-state index >= 15 is 0 Å². The summed E-state index contributed by atoms with van der Waals surface area (Å²) >= 11 is 0. The molecule has 0 fully saturated rings. The second kappa shape index (κ2) is 4.96. The van der Waals surface area contributed by atoms with Crippen LogP contribution in [0, 0.1) is 5.41 Å². The molecule has 0 radical (unpaired) electrons. The van der Waals surface area contributed by atoms with Crippen LogP contribution in [0.25, 0.3) is 0 Å². The summed E-state index contributed by atoms with van der Waals surface area (Å²) in [5.41, 5.74) is -0.696. The number of carboxylic acid groups (broad SMARTS) is 1. The quantitative estimate of drug-likeness (QED) is 0.585. The number of hydrogen-bond acceptors (Lipinski definition) is 2. The maximum Gasteiger partial charge on any atom is 0.0470 e. The molecule has 0 aromatic rings. The van der Waals surface area contributed by atoms with Crippen LogP contribution in [-0.2, 0) is 4.79 Å². The van der Waals surface area contributed by atoms with Gasteiger partial charge < -0.3 is 9.90 Å². The Morgan fingerprint density at radius 2 is 2.00 bits per heavy atom. The summed E-state index contributed by atoms with van der Waals surface area (Å²) in [6, 6.07) is 0. The van der Waals surface area contributed by atoms with Crippen molar-refractivity contribution < 1.29 is 9.90 Å². The van der Waals surface area contributed by atoms with Crippen LogP contribution in [0.15, 0.2) is 12.2 Å². The minimum atomic E-state index is -0.965. The van der Waals surface area contributed by atoms with Gasteiger partial charge in [0.2, 0.25) is 0 Å². The van der Waals surface area contributed by atoms with E-state index in [9.17, 15) is 9.90 Å². The Morgan fingerprint density at radius 3 is 2.42 bits per heavy atom. The molecule has 0 bridgehead atoms. The van der Waals surface area contributed by atoms with Gasteiger partial charge in [-0.3, -0.25) is 0 Å². The van der Waals surface area contributed by atoms with Gasteiger partial charge in [-0.2, -0.15) is 0 Å². The zero-order valence-corrected chi connectivity index (χ0v) is 8.09. The van der Waals surface area contributed by atoms with E-state index in [-0.39, 0.29) is 0 Å². The van der Waals surface area contributed by atoms with E-state index in [1.807, 2.05) is 12.2 Å². The van der Waals surface area contributed by atoms with Crippen molar-refractivity contribution in [2.75, 3.05) is 0 Å². The van der Waals surface area contributed by atoms with E-state index in [0.717, 1.165) is 12.8 Å². The summed E-state index contributed by atoms with van der Waals surface area (Å²) in [7, 11) is 0. The van der Waals surface area contributed by atoms with Crippen molar-refractivity contribution in [2.24, 2.45) is 5.41 Å². The molecule has 0 aliphatic rings. The molecule has 0 aliphatic heterocycles. The number of rotatable bonds is 5. The lowest BCUT2D eigenvalue weighted by molar-refractivity contribution is -0.317. The van der Waals surface area contributed by atoms with Gasteiger partial charge >= 0.3 is 0 Å². The average molecular weight is 169 g/mol. The minimum absolute atomic E-state index is 0.645. The summed E-state index contributed by atoms with van der Waals surface area (Å²) in [6.07, 6.45) is 6.53. The smallest absolute Gasteiger partial charge is 0.0470 e. The van der Waals surface area contributed by atoms with Crippen molar-refractivity contribution in [2.45, 2.75) is 40.0 Å². The van der Waals surface area contributed by atoms with Crippen molar-refractivity contribution in [3.63, 3.8) is 0 Å². The third kappa shape index (κ3) is 4.16. The number of aliphatic carboxylic acids is 1. The van der Waals surface area contributed by atoms with Crippen LogP contribution >= 0.6 is 0 Å². The topological polar surface area (TPSA) is 40.1 Å². The van der Waals surface area contributed by atoms with E-state index in [0.29, 0.717) is 6.42 Å². The number of allylic oxidation sites excluding steroid dienone is 2. The van der Waals surface area contributed by atoms with E-state index < -0.39 is 11.4 Å². The molecule has 0 atom stereocenters. The Kier molecular flexibility index (Phi) is 4.64. The molecule has 0 heterocycles. The lowest BCUT2D eigenvalue weighted by atomic mass is 9.88. The predicted molar refractivity (Wildman–Crippen MR) is 47.5 cm³/mol. The molecule has 2 heteroatoms. The van der Waals surface area contributed by atoms with Crippen LogP contribution in [-0.4, -0.2) is 5.97 Å². The molecule has 0 N–H and O–H groups in total. The fourth-order valence-electron chi connectivity index (χ4n) is 0.831. The highest BCUT2D eigenvalue weighted by molar-refractivity contribution is 5.71. The summed E-state index contributed by atoms with van der Waals surface area (Å²) in [5, 5.41) is 10.5. The SMILES string of the molecule is CC/C=C/CCC(C)(C)C(=O)[O-]. The molecule has 2 nitrogen and oxygen atoms in total. The molecule has 0 rings (SSSR count). The summed E-state index contributed by atoms with van der Waals surface area (Å²) in [4.78, 5) is 10.5. The van der Waals surface area contributed by atoms with E-state index in [1.165, 1.54) is 0 Å². The van der Waals surface area contributed by atoms with Gasteiger partial charge in [0.25, 0.3) is 0 Å². The van der Waals surface area contributed by atoms with Gasteiger partial charge in [0, 0.05) is 11.4 Å². The Balaban J connectivity index is 3.76. The van der Waals surface area contributed by atoms with E-state index in [4.69, 9.17) is 0 Å². The van der Waals surface area contributed by atoms with Crippen LogP contribution in [0.2, 0.25) is 0 Å². The fraction of sp³-hybridized carbons (Fsp3) is 0.700. The summed E-state index contributed by atoms with van der Waals surface area (Å²) in [6.45, 7) is 5.45. The monoisotopic (exact) mass is 169 g/mol. The second-order valence-electron chi connectivity index (χ2n) is 3.59. The Morgan fingerprint density at radius 1 is 1.42 bits per heavy atom. The maximum atomic E-state index is 10.5. The van der Waals surface area contributed by atoms with Gasteiger partial charge in [-0.05, 0) is 19.3 Å². The summed E-state index contributed by atoms with van der Waals surface area (Å²) < 4.78 is 0. The average Bonchev–Trinajstić information content (AvgIpc) is 1.98. The zero-order chi connectivity index (χ0) is 9.61. The van der Waals surface area contributed by atoms with E-state index in [2.05, 4.69) is 6.92 Å². The molecular formula is C10H17O2-. The molecule has 0 unspecified atom stereocenters. The molecule has 0 aromatic heterocycles. The first-order valence-electron chi connectivity index (χ1n) is 4.37. The standard InChI is InChI=1S/C10H18O2/c1-4-5-6-7-8-10(2,3)9(11)12/h5-6H,4,7-8H2,1-3H3,(H,11,12)/p-1/b6-5+. The lowest BCUT2D eigenvalue weighted by Gasteiger charge is -2.24. The van der Waals surface area contributed by atoms with Crippen LogP contribution in [0.1, 0.15) is 40.0 Å². The number of carbonyl (C=O) groups excluding carboxylic acids is 1. The number of carbonyl (C=O) groups is 1. The Bertz CT molecular complexity index is 169. The first-order chi connectivity index (χ1) is 5.50. The van der Waals surface area contributed by atoms with Crippen molar-refractivity contribution in [1.82, 2.24) is 0 Å². The summed E-state index contributed by atoms with van der Waals surface area (Å²) in [5.74, 6) is -0.965. The molecule has 0 saturated heterocycles.